The molecule has 0 unspecified atom stereocenters. The lowest BCUT2D eigenvalue weighted by atomic mass is 10.2. The molecule has 1 rings (SSSR count). The molecule has 0 aromatic carbocycles. The summed E-state index contributed by atoms with van der Waals surface area (Å²) in [6.45, 7) is 0. The van der Waals surface area contributed by atoms with Crippen LogP contribution in [0.1, 0.15) is 10.4 Å². The van der Waals surface area contributed by atoms with Crippen LogP contribution in [0.5, 0.6) is 0 Å². The molecule has 1 heterocycles. The van der Waals surface area contributed by atoms with E-state index in [4.69, 9.17) is 11.6 Å². The SMILES string of the molecule is O=C(c1cccnc1Cl)C(Br)Br. The van der Waals surface area contributed by atoms with Crippen LogP contribution >= 0.6 is 43.5 Å². The fourth-order valence-corrected chi connectivity index (χ4v) is 1.39. The second-order valence-electron chi connectivity index (χ2n) is 2.01. The zero-order valence-corrected chi connectivity index (χ0v) is 9.73. The summed E-state index contributed by atoms with van der Waals surface area (Å²) in [5, 5.41) is 0.228. The number of hydrogen-bond donors (Lipinski definition) is 0. The van der Waals surface area contributed by atoms with Gasteiger partial charge in [-0.3, -0.25) is 4.79 Å². The maximum Gasteiger partial charge on any atom is 0.190 e. The number of Topliss-reactive ketones (excluding diaryl/α,β-unsaturated/α-hetero) is 1. The van der Waals surface area contributed by atoms with E-state index in [0.717, 1.165) is 0 Å². The lowest BCUT2D eigenvalue weighted by molar-refractivity contribution is 0.101. The van der Waals surface area contributed by atoms with Gasteiger partial charge in [0.05, 0.1) is 5.56 Å². The average molecular weight is 313 g/mol. The van der Waals surface area contributed by atoms with E-state index in [9.17, 15) is 4.79 Å². The number of hydrogen-bond acceptors (Lipinski definition) is 2. The van der Waals surface area contributed by atoms with Gasteiger partial charge < -0.3 is 0 Å². The van der Waals surface area contributed by atoms with Crippen molar-refractivity contribution in [3.8, 4) is 0 Å². The second-order valence-corrected chi connectivity index (χ2v) is 5.42. The second kappa shape index (κ2) is 4.35. The van der Waals surface area contributed by atoms with E-state index in [0.29, 0.717) is 5.56 Å². The Morgan fingerprint density at radius 1 is 1.58 bits per heavy atom. The van der Waals surface area contributed by atoms with Crippen molar-refractivity contribution in [2.45, 2.75) is 3.74 Å². The van der Waals surface area contributed by atoms with Crippen LogP contribution in [0.3, 0.4) is 0 Å². The van der Waals surface area contributed by atoms with Gasteiger partial charge in [0, 0.05) is 6.20 Å². The highest BCUT2D eigenvalue weighted by atomic mass is 79.9. The van der Waals surface area contributed by atoms with Gasteiger partial charge in [-0.05, 0) is 12.1 Å². The van der Waals surface area contributed by atoms with Gasteiger partial charge in [0.25, 0.3) is 0 Å². The van der Waals surface area contributed by atoms with Gasteiger partial charge in [0.2, 0.25) is 0 Å². The number of halogens is 3. The molecule has 0 saturated heterocycles. The summed E-state index contributed by atoms with van der Waals surface area (Å²) in [6.07, 6.45) is 1.54. The topological polar surface area (TPSA) is 30.0 Å². The Morgan fingerprint density at radius 3 is 2.75 bits per heavy atom. The molecule has 0 atom stereocenters. The molecule has 0 fully saturated rings. The molecule has 1 aromatic rings. The Morgan fingerprint density at radius 2 is 2.25 bits per heavy atom. The predicted molar refractivity (Wildman–Crippen MR) is 55.2 cm³/mol. The lowest BCUT2D eigenvalue weighted by Gasteiger charge is -2.01. The normalized spacial score (nSPS) is 10.3. The molecule has 5 heteroatoms. The van der Waals surface area contributed by atoms with Crippen molar-refractivity contribution in [1.82, 2.24) is 4.98 Å². The van der Waals surface area contributed by atoms with E-state index >= 15 is 0 Å². The van der Waals surface area contributed by atoms with Gasteiger partial charge in [-0.2, -0.15) is 0 Å². The Kier molecular flexibility index (Phi) is 3.68. The fraction of sp³-hybridized carbons (Fsp3) is 0.143. The van der Waals surface area contributed by atoms with Gasteiger partial charge in [-0.25, -0.2) is 4.98 Å². The van der Waals surface area contributed by atoms with Gasteiger partial charge in [0.15, 0.2) is 5.78 Å². The zero-order valence-electron chi connectivity index (χ0n) is 5.80. The number of nitrogens with zero attached hydrogens (tertiary/aromatic N) is 1. The van der Waals surface area contributed by atoms with E-state index < -0.39 is 3.74 Å². The van der Waals surface area contributed by atoms with Crippen molar-refractivity contribution in [3.63, 3.8) is 0 Å². The quantitative estimate of drug-likeness (QED) is 0.477. The van der Waals surface area contributed by atoms with Gasteiger partial charge in [-0.1, -0.05) is 43.5 Å². The zero-order chi connectivity index (χ0) is 9.14. The highest BCUT2D eigenvalue weighted by Gasteiger charge is 2.16. The molecule has 1 aromatic heterocycles. The molecule has 0 radical (unpaired) electrons. The highest BCUT2D eigenvalue weighted by Crippen LogP contribution is 2.20. The summed E-state index contributed by atoms with van der Waals surface area (Å²) in [5.41, 5.74) is 0.415. The largest absolute Gasteiger partial charge is 0.292 e. The molecule has 0 N–H and O–H groups in total. The average Bonchev–Trinajstić information content (AvgIpc) is 2.04. The number of carbonyl (C=O) groups excluding carboxylic acids is 1. The molecule has 0 bridgehead atoms. The van der Waals surface area contributed by atoms with Crippen LogP contribution < -0.4 is 0 Å². The van der Waals surface area contributed by atoms with Gasteiger partial charge in [-0.15, -0.1) is 0 Å². The first-order valence-electron chi connectivity index (χ1n) is 3.06. The lowest BCUT2D eigenvalue weighted by Crippen LogP contribution is -2.08. The van der Waals surface area contributed by atoms with Crippen LogP contribution in [-0.4, -0.2) is 14.5 Å². The summed E-state index contributed by atoms with van der Waals surface area (Å²) in [6, 6.07) is 3.30. The van der Waals surface area contributed by atoms with E-state index in [1.165, 1.54) is 6.20 Å². The van der Waals surface area contributed by atoms with Crippen molar-refractivity contribution < 1.29 is 4.79 Å². The number of alkyl halides is 2. The maximum atomic E-state index is 11.3. The molecule has 0 aliphatic rings. The Bertz CT molecular complexity index is 303. The van der Waals surface area contributed by atoms with E-state index in [1.807, 2.05) is 0 Å². The molecule has 2 nitrogen and oxygen atoms in total. The number of aromatic nitrogens is 1. The van der Waals surface area contributed by atoms with Crippen molar-refractivity contribution >= 4 is 49.2 Å². The first kappa shape index (κ1) is 10.2. The van der Waals surface area contributed by atoms with Crippen molar-refractivity contribution in [3.05, 3.63) is 29.0 Å². The third kappa shape index (κ3) is 2.28. The van der Waals surface area contributed by atoms with Crippen molar-refractivity contribution in [2.24, 2.45) is 0 Å². The van der Waals surface area contributed by atoms with Crippen LogP contribution in [0.4, 0.5) is 0 Å². The summed E-state index contributed by atoms with van der Waals surface area (Å²) in [7, 11) is 0. The highest BCUT2D eigenvalue weighted by molar-refractivity contribution is 9.25. The molecule has 0 aliphatic heterocycles. The molecular weight excluding hydrogens is 309 g/mol. The predicted octanol–water partition coefficient (Wildman–Crippen LogP) is 3.03. The summed E-state index contributed by atoms with van der Waals surface area (Å²) in [5.74, 6) is -0.131. The maximum absolute atomic E-state index is 11.3. The van der Waals surface area contributed by atoms with Crippen LogP contribution in [0.25, 0.3) is 0 Å². The Hall–Kier alpha value is 0.0700. The van der Waals surface area contributed by atoms with Gasteiger partial charge in [0.1, 0.15) is 8.89 Å². The van der Waals surface area contributed by atoms with Gasteiger partial charge >= 0.3 is 0 Å². The number of ketones is 1. The van der Waals surface area contributed by atoms with Crippen LogP contribution in [-0.2, 0) is 0 Å². The third-order valence-electron chi connectivity index (χ3n) is 1.22. The first-order chi connectivity index (χ1) is 5.63. The minimum Gasteiger partial charge on any atom is -0.292 e. The minimum absolute atomic E-state index is 0.131. The third-order valence-corrected chi connectivity index (χ3v) is 2.36. The Balaban J connectivity index is 3.03. The molecule has 12 heavy (non-hydrogen) atoms. The smallest absolute Gasteiger partial charge is 0.190 e. The molecule has 0 saturated carbocycles. The van der Waals surface area contributed by atoms with Crippen molar-refractivity contribution in [1.29, 1.82) is 0 Å². The monoisotopic (exact) mass is 311 g/mol. The summed E-state index contributed by atoms with van der Waals surface area (Å²) in [4.78, 5) is 15.1. The van der Waals surface area contributed by atoms with Crippen LogP contribution in [0.15, 0.2) is 18.3 Å². The summed E-state index contributed by atoms with van der Waals surface area (Å²) < 4.78 is -0.410. The first-order valence-corrected chi connectivity index (χ1v) is 5.26. The van der Waals surface area contributed by atoms with Crippen LogP contribution in [0, 0.1) is 0 Å². The van der Waals surface area contributed by atoms with Crippen molar-refractivity contribution in [2.75, 3.05) is 0 Å². The van der Waals surface area contributed by atoms with Crippen LogP contribution in [0.2, 0.25) is 5.15 Å². The van der Waals surface area contributed by atoms with E-state index in [2.05, 4.69) is 36.8 Å². The molecule has 64 valence electrons. The molecule has 0 amide bonds. The minimum atomic E-state index is -0.410. The Labute approximate surface area is 91.6 Å². The molecule has 0 spiro atoms. The number of pyridine rings is 1. The number of carbonyl (C=O) groups is 1. The molecule has 0 aliphatic carbocycles. The summed E-state index contributed by atoms with van der Waals surface area (Å²) >= 11 is 11.9. The molecular formula is C7H4Br2ClNO. The van der Waals surface area contributed by atoms with E-state index in [1.54, 1.807) is 12.1 Å². The number of rotatable bonds is 2. The fourth-order valence-electron chi connectivity index (χ4n) is 0.687. The standard InChI is InChI=1S/C7H4Br2ClNO/c8-6(9)5(12)4-2-1-3-11-7(4)10/h1-3,6H. The van der Waals surface area contributed by atoms with E-state index in [-0.39, 0.29) is 10.9 Å².